The highest BCUT2D eigenvalue weighted by molar-refractivity contribution is 5.18. The molecule has 1 nitrogen and oxygen atoms in total. The SMILES string of the molecule is CCCNC(C)(Cc1ccccc1)C(F)(F)F. The first-order valence-electron chi connectivity index (χ1n) is 5.75. The lowest BCUT2D eigenvalue weighted by Crippen LogP contribution is -2.56. The van der Waals surface area contributed by atoms with Gasteiger partial charge in [0.25, 0.3) is 0 Å². The summed E-state index contributed by atoms with van der Waals surface area (Å²) in [4.78, 5) is 0. The molecular formula is C13H18F3N. The van der Waals surface area contributed by atoms with Gasteiger partial charge in [-0.05, 0) is 31.9 Å². The zero-order valence-corrected chi connectivity index (χ0v) is 10.1. The van der Waals surface area contributed by atoms with Crippen LogP contribution in [0.4, 0.5) is 13.2 Å². The smallest absolute Gasteiger partial charge is 0.304 e. The molecule has 0 saturated heterocycles. The molecule has 0 amide bonds. The van der Waals surface area contributed by atoms with Crippen LogP contribution in [0.5, 0.6) is 0 Å². The molecule has 1 aromatic rings. The molecule has 0 bridgehead atoms. The fourth-order valence-electron chi connectivity index (χ4n) is 1.67. The molecule has 1 unspecified atom stereocenters. The van der Waals surface area contributed by atoms with E-state index >= 15 is 0 Å². The quantitative estimate of drug-likeness (QED) is 0.836. The highest BCUT2D eigenvalue weighted by Crippen LogP contribution is 2.33. The van der Waals surface area contributed by atoms with Crippen LogP contribution in [0.3, 0.4) is 0 Å². The monoisotopic (exact) mass is 245 g/mol. The maximum Gasteiger partial charge on any atom is 0.406 e. The minimum atomic E-state index is -4.25. The minimum Gasteiger partial charge on any atom is -0.304 e. The third-order valence-electron chi connectivity index (χ3n) is 2.79. The van der Waals surface area contributed by atoms with Crippen molar-refractivity contribution in [2.24, 2.45) is 0 Å². The van der Waals surface area contributed by atoms with Gasteiger partial charge in [0.05, 0.1) is 0 Å². The Labute approximate surface area is 100 Å². The summed E-state index contributed by atoms with van der Waals surface area (Å²) < 4.78 is 39.2. The van der Waals surface area contributed by atoms with Crippen LogP contribution >= 0.6 is 0 Å². The molecule has 0 fully saturated rings. The first kappa shape index (κ1) is 14.0. The van der Waals surface area contributed by atoms with Crippen LogP contribution in [0, 0.1) is 0 Å². The third-order valence-corrected chi connectivity index (χ3v) is 2.79. The van der Waals surface area contributed by atoms with Crippen molar-refractivity contribution >= 4 is 0 Å². The van der Waals surface area contributed by atoms with E-state index in [9.17, 15) is 13.2 Å². The summed E-state index contributed by atoms with van der Waals surface area (Å²) in [6.45, 7) is 3.44. The van der Waals surface area contributed by atoms with Gasteiger partial charge >= 0.3 is 6.18 Å². The first-order valence-corrected chi connectivity index (χ1v) is 5.75. The maximum atomic E-state index is 13.1. The maximum absolute atomic E-state index is 13.1. The van der Waals surface area contributed by atoms with Gasteiger partial charge in [0.1, 0.15) is 5.54 Å². The molecule has 0 saturated carbocycles. The van der Waals surface area contributed by atoms with E-state index in [1.165, 1.54) is 6.92 Å². The predicted molar refractivity (Wildman–Crippen MR) is 62.9 cm³/mol. The zero-order valence-electron chi connectivity index (χ0n) is 10.1. The van der Waals surface area contributed by atoms with E-state index in [0.29, 0.717) is 18.5 Å². The second-order valence-corrected chi connectivity index (χ2v) is 4.42. The summed E-state index contributed by atoms with van der Waals surface area (Å²) >= 11 is 0. The average Bonchev–Trinajstić information content (AvgIpc) is 2.26. The van der Waals surface area contributed by atoms with E-state index in [4.69, 9.17) is 0 Å². The van der Waals surface area contributed by atoms with E-state index in [0.717, 1.165) is 0 Å². The molecule has 0 aliphatic heterocycles. The number of halogens is 3. The van der Waals surface area contributed by atoms with Gasteiger partial charge in [0.15, 0.2) is 0 Å². The van der Waals surface area contributed by atoms with Gasteiger partial charge in [-0.3, -0.25) is 0 Å². The van der Waals surface area contributed by atoms with Crippen molar-refractivity contribution < 1.29 is 13.2 Å². The number of hydrogen-bond donors (Lipinski definition) is 1. The number of hydrogen-bond acceptors (Lipinski definition) is 1. The Hall–Kier alpha value is -1.03. The lowest BCUT2D eigenvalue weighted by molar-refractivity contribution is -0.191. The molecule has 17 heavy (non-hydrogen) atoms. The van der Waals surface area contributed by atoms with Crippen LogP contribution in [0.2, 0.25) is 0 Å². The lowest BCUT2D eigenvalue weighted by Gasteiger charge is -2.33. The van der Waals surface area contributed by atoms with E-state index in [1.54, 1.807) is 30.3 Å². The molecule has 0 spiro atoms. The van der Waals surface area contributed by atoms with E-state index in [1.807, 2.05) is 6.92 Å². The van der Waals surface area contributed by atoms with Crippen LogP contribution in [-0.2, 0) is 6.42 Å². The molecule has 0 aromatic heterocycles. The summed E-state index contributed by atoms with van der Waals surface area (Å²) in [6, 6.07) is 8.75. The Morgan fingerprint density at radius 3 is 2.18 bits per heavy atom. The van der Waals surface area contributed by atoms with Crippen molar-refractivity contribution in [3.63, 3.8) is 0 Å². The molecule has 0 aliphatic carbocycles. The molecule has 0 radical (unpaired) electrons. The van der Waals surface area contributed by atoms with E-state index in [-0.39, 0.29) is 6.42 Å². The van der Waals surface area contributed by atoms with Crippen LogP contribution < -0.4 is 5.32 Å². The van der Waals surface area contributed by atoms with E-state index in [2.05, 4.69) is 5.32 Å². The fourth-order valence-corrected chi connectivity index (χ4v) is 1.67. The molecule has 4 heteroatoms. The van der Waals surface area contributed by atoms with Gasteiger partial charge in [-0.2, -0.15) is 13.2 Å². The normalized spacial score (nSPS) is 15.6. The zero-order chi connectivity index (χ0) is 12.9. The number of alkyl halides is 3. The molecular weight excluding hydrogens is 227 g/mol. The van der Waals surface area contributed by atoms with Gasteiger partial charge in [-0.25, -0.2) is 0 Å². The largest absolute Gasteiger partial charge is 0.406 e. The van der Waals surface area contributed by atoms with Gasteiger partial charge in [0, 0.05) is 0 Å². The van der Waals surface area contributed by atoms with Crippen molar-refractivity contribution in [2.45, 2.75) is 38.4 Å². The molecule has 1 rings (SSSR count). The van der Waals surface area contributed by atoms with Gasteiger partial charge < -0.3 is 5.32 Å². The summed E-state index contributed by atoms with van der Waals surface area (Å²) in [7, 11) is 0. The molecule has 0 heterocycles. The van der Waals surface area contributed by atoms with Crippen LogP contribution in [0.25, 0.3) is 0 Å². The van der Waals surface area contributed by atoms with Crippen LogP contribution in [0.15, 0.2) is 30.3 Å². The average molecular weight is 245 g/mol. The molecule has 1 N–H and O–H groups in total. The predicted octanol–water partition coefficient (Wildman–Crippen LogP) is 3.55. The highest BCUT2D eigenvalue weighted by atomic mass is 19.4. The second kappa shape index (κ2) is 5.54. The van der Waals surface area contributed by atoms with Crippen molar-refractivity contribution in [2.75, 3.05) is 6.54 Å². The lowest BCUT2D eigenvalue weighted by atomic mass is 9.92. The molecule has 1 aromatic carbocycles. The number of rotatable bonds is 5. The summed E-state index contributed by atoms with van der Waals surface area (Å²) in [5.41, 5.74) is -1.17. The van der Waals surface area contributed by atoms with Crippen molar-refractivity contribution in [3.8, 4) is 0 Å². The van der Waals surface area contributed by atoms with E-state index < -0.39 is 11.7 Å². The van der Waals surface area contributed by atoms with Crippen molar-refractivity contribution in [1.82, 2.24) is 5.32 Å². The topological polar surface area (TPSA) is 12.0 Å². The first-order chi connectivity index (χ1) is 7.89. The second-order valence-electron chi connectivity index (χ2n) is 4.42. The third kappa shape index (κ3) is 3.73. The Balaban J connectivity index is 2.84. The minimum absolute atomic E-state index is 0.0443. The van der Waals surface area contributed by atoms with Gasteiger partial charge in [-0.15, -0.1) is 0 Å². The van der Waals surface area contributed by atoms with Gasteiger partial charge in [-0.1, -0.05) is 37.3 Å². The van der Waals surface area contributed by atoms with Gasteiger partial charge in [0.2, 0.25) is 0 Å². The number of benzene rings is 1. The van der Waals surface area contributed by atoms with Crippen LogP contribution in [0.1, 0.15) is 25.8 Å². The number of nitrogens with one attached hydrogen (secondary N) is 1. The molecule has 96 valence electrons. The summed E-state index contributed by atoms with van der Waals surface area (Å²) in [5, 5.41) is 2.61. The molecule has 0 aliphatic rings. The Kier molecular flexibility index (Phi) is 4.57. The van der Waals surface area contributed by atoms with Crippen molar-refractivity contribution in [1.29, 1.82) is 0 Å². The Morgan fingerprint density at radius 1 is 1.12 bits per heavy atom. The fraction of sp³-hybridized carbons (Fsp3) is 0.538. The molecule has 1 atom stereocenters. The Morgan fingerprint density at radius 2 is 1.71 bits per heavy atom. The van der Waals surface area contributed by atoms with Crippen molar-refractivity contribution in [3.05, 3.63) is 35.9 Å². The Bertz CT molecular complexity index is 334. The summed E-state index contributed by atoms with van der Waals surface area (Å²) in [5.74, 6) is 0. The highest BCUT2D eigenvalue weighted by Gasteiger charge is 2.50. The summed E-state index contributed by atoms with van der Waals surface area (Å²) in [6.07, 6.45) is -3.62. The standard InChI is InChI=1S/C13H18F3N/c1-3-9-17-12(2,13(14,15)16)10-11-7-5-4-6-8-11/h4-8,17H,3,9-10H2,1-2H3. The van der Waals surface area contributed by atoms with Crippen LogP contribution in [-0.4, -0.2) is 18.3 Å².